The van der Waals surface area contributed by atoms with E-state index >= 15 is 0 Å². The Morgan fingerprint density at radius 1 is 1.15 bits per heavy atom. The summed E-state index contributed by atoms with van der Waals surface area (Å²) in [6.45, 7) is 9.17. The van der Waals surface area contributed by atoms with Gasteiger partial charge in [0, 0.05) is 25.0 Å². The highest BCUT2D eigenvalue weighted by atomic mass is 16.5. The molecule has 0 saturated carbocycles. The third-order valence-electron chi connectivity index (χ3n) is 5.17. The monoisotopic (exact) mass is 354 g/mol. The van der Waals surface area contributed by atoms with Crippen LogP contribution in [-0.4, -0.2) is 37.7 Å². The van der Waals surface area contributed by atoms with Gasteiger partial charge in [-0.25, -0.2) is 0 Å². The minimum atomic E-state index is 0.209. The molecule has 1 unspecified atom stereocenters. The third kappa shape index (κ3) is 3.56. The highest BCUT2D eigenvalue weighted by Crippen LogP contribution is 2.27. The van der Waals surface area contributed by atoms with Crippen LogP contribution in [0.5, 0.6) is 0 Å². The molecule has 0 spiro atoms. The predicted molar refractivity (Wildman–Crippen MR) is 101 cm³/mol. The van der Waals surface area contributed by atoms with Gasteiger partial charge in [-0.3, -0.25) is 4.90 Å². The fourth-order valence-electron chi connectivity index (χ4n) is 3.66. The summed E-state index contributed by atoms with van der Waals surface area (Å²) in [6.07, 6.45) is 1.74. The molecule has 0 bridgehead atoms. The molecule has 3 aromatic rings. The van der Waals surface area contributed by atoms with Gasteiger partial charge >= 0.3 is 0 Å². The Bertz CT molecular complexity index is 848. The summed E-state index contributed by atoms with van der Waals surface area (Å²) in [5, 5.41) is 4.77. The molecule has 1 saturated heterocycles. The second kappa shape index (κ2) is 7.66. The first-order valence-electron chi connectivity index (χ1n) is 9.27. The molecule has 0 aliphatic carbocycles. The molecule has 2 aromatic heterocycles. The van der Waals surface area contributed by atoms with E-state index in [1.807, 2.05) is 6.07 Å². The summed E-state index contributed by atoms with van der Waals surface area (Å²) >= 11 is 0. The van der Waals surface area contributed by atoms with Gasteiger partial charge in [0.2, 0.25) is 0 Å². The number of hydrogen-bond donors (Lipinski definition) is 1. The van der Waals surface area contributed by atoms with Crippen LogP contribution in [0.3, 0.4) is 0 Å². The van der Waals surface area contributed by atoms with Crippen LogP contribution in [0.25, 0.3) is 11.0 Å². The average Bonchev–Trinajstić information content (AvgIpc) is 3.29. The van der Waals surface area contributed by atoms with Gasteiger partial charge < -0.3 is 18.9 Å². The van der Waals surface area contributed by atoms with Crippen LogP contribution in [0.15, 0.2) is 45.4 Å². The lowest BCUT2D eigenvalue weighted by Crippen LogP contribution is -2.42. The molecule has 1 aliphatic rings. The fourth-order valence-corrected chi connectivity index (χ4v) is 3.66. The number of benzene rings is 1. The molecule has 138 valence electrons. The summed E-state index contributed by atoms with van der Waals surface area (Å²) in [4.78, 5) is 2.42. The molecule has 1 N–H and O–H groups in total. The van der Waals surface area contributed by atoms with E-state index in [0.29, 0.717) is 6.54 Å². The zero-order chi connectivity index (χ0) is 17.9. The lowest BCUT2D eigenvalue weighted by molar-refractivity contribution is 0.0115. The van der Waals surface area contributed by atoms with E-state index in [-0.39, 0.29) is 6.04 Å². The largest absolute Gasteiger partial charge is 0.468 e. The molecule has 3 heterocycles. The molecule has 26 heavy (non-hydrogen) atoms. The van der Waals surface area contributed by atoms with Gasteiger partial charge in [0.15, 0.2) is 0 Å². The molecule has 0 amide bonds. The molecule has 1 aliphatic heterocycles. The quantitative estimate of drug-likeness (QED) is 0.729. The first kappa shape index (κ1) is 17.3. The molecule has 0 radical (unpaired) electrons. The van der Waals surface area contributed by atoms with Gasteiger partial charge in [0.25, 0.3) is 0 Å². The lowest BCUT2D eigenvalue weighted by Gasteiger charge is -2.33. The first-order valence-corrected chi connectivity index (χ1v) is 9.27. The minimum Gasteiger partial charge on any atom is -0.468 e. The second-order valence-corrected chi connectivity index (χ2v) is 6.96. The van der Waals surface area contributed by atoms with Gasteiger partial charge in [-0.15, -0.1) is 0 Å². The normalized spacial score (nSPS) is 17.0. The van der Waals surface area contributed by atoms with Crippen molar-refractivity contribution in [2.45, 2.75) is 26.4 Å². The highest BCUT2D eigenvalue weighted by molar-refractivity contribution is 5.82. The van der Waals surface area contributed by atoms with Crippen LogP contribution in [0.4, 0.5) is 0 Å². The SMILES string of the molecule is Cc1ccc2oc(CNCC(c3ccco3)N3CCOCC3)c(C)c2c1. The Labute approximate surface area is 153 Å². The van der Waals surface area contributed by atoms with Crippen molar-refractivity contribution in [3.63, 3.8) is 0 Å². The Kier molecular flexibility index (Phi) is 5.11. The van der Waals surface area contributed by atoms with E-state index in [1.165, 1.54) is 16.5 Å². The maximum atomic E-state index is 6.05. The molecule has 1 fully saturated rings. The van der Waals surface area contributed by atoms with E-state index in [9.17, 15) is 0 Å². The first-order chi connectivity index (χ1) is 12.7. The number of morpholine rings is 1. The van der Waals surface area contributed by atoms with Crippen LogP contribution < -0.4 is 5.32 Å². The van der Waals surface area contributed by atoms with Crippen molar-refractivity contribution < 1.29 is 13.6 Å². The number of rotatable bonds is 6. The molecule has 1 aromatic carbocycles. The maximum Gasteiger partial charge on any atom is 0.134 e. The van der Waals surface area contributed by atoms with Crippen molar-refractivity contribution in [3.8, 4) is 0 Å². The fraction of sp³-hybridized carbons (Fsp3) is 0.429. The summed E-state index contributed by atoms with van der Waals surface area (Å²) < 4.78 is 17.2. The minimum absolute atomic E-state index is 0.209. The van der Waals surface area contributed by atoms with Crippen LogP contribution in [-0.2, 0) is 11.3 Å². The van der Waals surface area contributed by atoms with Gasteiger partial charge in [0.05, 0.1) is 32.1 Å². The van der Waals surface area contributed by atoms with Crippen LogP contribution in [0, 0.1) is 13.8 Å². The van der Waals surface area contributed by atoms with Crippen LogP contribution >= 0.6 is 0 Å². The van der Waals surface area contributed by atoms with E-state index in [1.54, 1.807) is 6.26 Å². The standard InChI is InChI=1S/C21H26N2O3/c1-15-5-6-19-17(12-15)16(2)21(26-19)14-22-13-18(20-4-3-9-25-20)23-7-10-24-11-8-23/h3-6,9,12,18,22H,7-8,10-11,13-14H2,1-2H3. The average molecular weight is 354 g/mol. The van der Waals surface area contributed by atoms with Gasteiger partial charge in [-0.05, 0) is 43.7 Å². The zero-order valence-electron chi connectivity index (χ0n) is 15.5. The number of furan rings is 2. The van der Waals surface area contributed by atoms with Crippen molar-refractivity contribution in [2.75, 3.05) is 32.8 Å². The summed E-state index contributed by atoms with van der Waals surface area (Å²) in [5.41, 5.74) is 3.43. The molecule has 5 nitrogen and oxygen atoms in total. The van der Waals surface area contributed by atoms with Crippen molar-refractivity contribution in [1.82, 2.24) is 10.2 Å². The number of nitrogens with one attached hydrogen (secondary N) is 1. The van der Waals surface area contributed by atoms with Crippen molar-refractivity contribution in [3.05, 3.63) is 59.2 Å². The molecular weight excluding hydrogens is 328 g/mol. The second-order valence-electron chi connectivity index (χ2n) is 6.96. The van der Waals surface area contributed by atoms with Crippen molar-refractivity contribution in [1.29, 1.82) is 0 Å². The summed E-state index contributed by atoms with van der Waals surface area (Å²) in [7, 11) is 0. The number of aryl methyl sites for hydroxylation is 2. The van der Waals surface area contributed by atoms with E-state index < -0.39 is 0 Å². The lowest BCUT2D eigenvalue weighted by atomic mass is 10.1. The van der Waals surface area contributed by atoms with Gasteiger partial charge in [0.1, 0.15) is 17.1 Å². The van der Waals surface area contributed by atoms with E-state index in [2.05, 4.69) is 48.3 Å². The number of ether oxygens (including phenoxy) is 1. The van der Waals surface area contributed by atoms with Gasteiger partial charge in [-0.2, -0.15) is 0 Å². The molecule has 5 heteroatoms. The number of fused-ring (bicyclic) bond motifs is 1. The topological polar surface area (TPSA) is 50.8 Å². The Hall–Kier alpha value is -2.08. The Balaban J connectivity index is 1.45. The van der Waals surface area contributed by atoms with Crippen LogP contribution in [0.1, 0.15) is 28.7 Å². The Morgan fingerprint density at radius 3 is 2.77 bits per heavy atom. The van der Waals surface area contributed by atoms with Crippen molar-refractivity contribution in [2.24, 2.45) is 0 Å². The molecule has 4 rings (SSSR count). The summed E-state index contributed by atoms with van der Waals surface area (Å²) in [6, 6.07) is 10.6. The predicted octanol–water partition coefficient (Wildman–Crippen LogP) is 3.81. The number of nitrogens with zero attached hydrogens (tertiary/aromatic N) is 1. The third-order valence-corrected chi connectivity index (χ3v) is 5.17. The number of hydrogen-bond acceptors (Lipinski definition) is 5. The van der Waals surface area contributed by atoms with Crippen molar-refractivity contribution >= 4 is 11.0 Å². The maximum absolute atomic E-state index is 6.05. The van der Waals surface area contributed by atoms with Crippen LogP contribution in [0.2, 0.25) is 0 Å². The summed E-state index contributed by atoms with van der Waals surface area (Å²) in [5.74, 6) is 2.00. The van der Waals surface area contributed by atoms with E-state index in [0.717, 1.165) is 50.0 Å². The zero-order valence-corrected chi connectivity index (χ0v) is 15.5. The van der Waals surface area contributed by atoms with E-state index in [4.69, 9.17) is 13.6 Å². The Morgan fingerprint density at radius 2 is 2.00 bits per heavy atom. The molecular formula is C21H26N2O3. The molecule has 1 atom stereocenters. The highest BCUT2D eigenvalue weighted by Gasteiger charge is 2.24. The smallest absolute Gasteiger partial charge is 0.134 e. The van der Waals surface area contributed by atoms with Gasteiger partial charge in [-0.1, -0.05) is 11.6 Å².